The predicted molar refractivity (Wildman–Crippen MR) is 91.4 cm³/mol. The summed E-state index contributed by atoms with van der Waals surface area (Å²) >= 11 is 9.58. The van der Waals surface area contributed by atoms with Crippen LogP contribution < -0.4 is 10.9 Å². The molecule has 2 aliphatic rings. The van der Waals surface area contributed by atoms with Crippen molar-refractivity contribution in [1.29, 1.82) is 0 Å². The van der Waals surface area contributed by atoms with Gasteiger partial charge >= 0.3 is 5.63 Å². The average molecular weight is 412 g/mol. The van der Waals surface area contributed by atoms with Crippen molar-refractivity contribution in [2.24, 2.45) is 7.05 Å². The first-order valence-electron chi connectivity index (χ1n) is 7.23. The third-order valence-electron chi connectivity index (χ3n) is 4.24. The standard InChI is InChI=1S/C16H12BrClN2O4/c1-20-15-14(16(22)24-20)12(7-2-3-8(17)9(18)4-7)13-10(19-15)5-23-6-11(13)21/h2-4,12,19H,5-6H2,1H3. The monoisotopic (exact) mass is 410 g/mol. The third-order valence-corrected chi connectivity index (χ3v) is 5.47. The van der Waals surface area contributed by atoms with Gasteiger partial charge in [0.15, 0.2) is 11.6 Å². The Balaban J connectivity index is 2.00. The van der Waals surface area contributed by atoms with Gasteiger partial charge in [0.2, 0.25) is 0 Å². The van der Waals surface area contributed by atoms with Gasteiger partial charge in [-0.3, -0.25) is 4.79 Å². The normalized spacial score (nSPS) is 19.8. The molecule has 0 fully saturated rings. The van der Waals surface area contributed by atoms with Crippen LogP contribution in [0.3, 0.4) is 0 Å². The number of fused-ring (bicyclic) bond motifs is 1. The summed E-state index contributed by atoms with van der Waals surface area (Å²) in [6, 6.07) is 5.40. The SMILES string of the molecule is Cn1oc(=O)c2c1NC1=C(C(=O)COC1)C2c1ccc(Br)c(Cl)c1. The van der Waals surface area contributed by atoms with Gasteiger partial charge in [-0.05, 0) is 33.6 Å². The fraction of sp³-hybridized carbons (Fsp3) is 0.250. The van der Waals surface area contributed by atoms with Crippen LogP contribution in [-0.2, 0) is 16.6 Å². The minimum atomic E-state index is -0.532. The molecule has 24 heavy (non-hydrogen) atoms. The number of aromatic nitrogens is 1. The Morgan fingerprint density at radius 1 is 1.33 bits per heavy atom. The molecule has 1 unspecified atom stereocenters. The van der Waals surface area contributed by atoms with Crippen LogP contribution in [0.2, 0.25) is 5.02 Å². The quantitative estimate of drug-likeness (QED) is 0.781. The molecule has 3 heterocycles. The highest BCUT2D eigenvalue weighted by molar-refractivity contribution is 9.10. The first-order chi connectivity index (χ1) is 11.5. The average Bonchev–Trinajstić information content (AvgIpc) is 2.83. The van der Waals surface area contributed by atoms with E-state index in [9.17, 15) is 9.59 Å². The maximum atomic E-state index is 12.5. The summed E-state index contributed by atoms with van der Waals surface area (Å²) in [4.78, 5) is 24.9. The molecule has 0 saturated heterocycles. The van der Waals surface area contributed by atoms with Crippen LogP contribution in [-0.4, -0.2) is 23.7 Å². The number of carbonyl (C=O) groups is 1. The van der Waals surface area contributed by atoms with Crippen molar-refractivity contribution in [2.45, 2.75) is 5.92 Å². The lowest BCUT2D eigenvalue weighted by molar-refractivity contribution is -0.121. The molecule has 6 nitrogen and oxygen atoms in total. The van der Waals surface area contributed by atoms with Gasteiger partial charge in [-0.2, -0.15) is 4.74 Å². The molecule has 0 aliphatic carbocycles. The first kappa shape index (κ1) is 15.7. The lowest BCUT2D eigenvalue weighted by Gasteiger charge is -2.31. The number of benzene rings is 1. The Hall–Kier alpha value is -1.83. The number of nitrogens with zero attached hydrogens (tertiary/aromatic N) is 1. The Morgan fingerprint density at radius 3 is 2.88 bits per heavy atom. The molecule has 1 atom stereocenters. The van der Waals surface area contributed by atoms with Crippen LogP contribution in [0, 0.1) is 0 Å². The minimum Gasteiger partial charge on any atom is -0.367 e. The molecule has 1 aromatic heterocycles. The first-order valence-corrected chi connectivity index (χ1v) is 8.40. The molecule has 2 aromatic rings. The van der Waals surface area contributed by atoms with Crippen LogP contribution in [0.5, 0.6) is 0 Å². The van der Waals surface area contributed by atoms with Crippen LogP contribution in [0.25, 0.3) is 0 Å². The largest absolute Gasteiger partial charge is 0.367 e. The maximum Gasteiger partial charge on any atom is 0.363 e. The van der Waals surface area contributed by atoms with Gasteiger partial charge in [-0.15, -0.1) is 0 Å². The van der Waals surface area contributed by atoms with E-state index < -0.39 is 11.5 Å². The molecule has 1 N–H and O–H groups in total. The van der Waals surface area contributed by atoms with Crippen LogP contribution in [0.4, 0.5) is 5.82 Å². The van der Waals surface area contributed by atoms with Crippen molar-refractivity contribution < 1.29 is 14.1 Å². The molecule has 4 rings (SSSR count). The van der Waals surface area contributed by atoms with E-state index in [1.54, 1.807) is 19.2 Å². The molecular weight excluding hydrogens is 400 g/mol. The van der Waals surface area contributed by atoms with Crippen LogP contribution in [0.1, 0.15) is 17.0 Å². The van der Waals surface area contributed by atoms with E-state index >= 15 is 0 Å². The van der Waals surface area contributed by atoms with Crippen molar-refractivity contribution in [3.63, 3.8) is 0 Å². The highest BCUT2D eigenvalue weighted by atomic mass is 79.9. The number of hydrogen-bond donors (Lipinski definition) is 1. The number of aryl methyl sites for hydroxylation is 1. The summed E-state index contributed by atoms with van der Waals surface area (Å²) in [5.41, 5.74) is 1.87. The molecule has 0 amide bonds. The zero-order valence-corrected chi connectivity index (χ0v) is 14.9. The lowest BCUT2D eigenvalue weighted by Crippen LogP contribution is -2.34. The number of Topliss-reactive ketones (excluding diaryl/α,β-unsaturated/α-hetero) is 1. The Kier molecular flexibility index (Phi) is 3.67. The fourth-order valence-electron chi connectivity index (χ4n) is 3.21. The van der Waals surface area contributed by atoms with Crippen molar-refractivity contribution in [1.82, 2.24) is 4.74 Å². The van der Waals surface area contributed by atoms with Crippen LogP contribution >= 0.6 is 27.5 Å². The smallest absolute Gasteiger partial charge is 0.363 e. The van der Waals surface area contributed by atoms with Crippen LogP contribution in [0.15, 0.2) is 43.3 Å². The van der Waals surface area contributed by atoms with Gasteiger partial charge < -0.3 is 14.6 Å². The Bertz CT molecular complexity index is 959. The van der Waals surface area contributed by atoms with Gasteiger partial charge in [-0.1, -0.05) is 17.7 Å². The van der Waals surface area contributed by atoms with E-state index in [1.165, 1.54) is 4.74 Å². The number of ether oxygens (including phenoxy) is 1. The van der Waals surface area contributed by atoms with E-state index in [1.807, 2.05) is 6.07 Å². The Labute approximate surface area is 150 Å². The molecule has 1 aromatic carbocycles. The molecule has 0 radical (unpaired) electrons. The van der Waals surface area contributed by atoms with E-state index in [2.05, 4.69) is 21.2 Å². The molecule has 0 saturated carbocycles. The summed E-state index contributed by atoms with van der Waals surface area (Å²) in [5.74, 6) is -0.154. The summed E-state index contributed by atoms with van der Waals surface area (Å²) in [6.45, 7) is 0.273. The molecular formula is C16H12BrClN2O4. The Morgan fingerprint density at radius 2 is 2.12 bits per heavy atom. The van der Waals surface area contributed by atoms with Crippen molar-refractivity contribution in [2.75, 3.05) is 18.5 Å². The van der Waals surface area contributed by atoms with Crippen molar-refractivity contribution in [3.8, 4) is 0 Å². The van der Waals surface area contributed by atoms with Gasteiger partial charge in [0, 0.05) is 17.1 Å². The zero-order chi connectivity index (χ0) is 17.0. The second-order valence-electron chi connectivity index (χ2n) is 5.68. The topological polar surface area (TPSA) is 73.5 Å². The van der Waals surface area contributed by atoms with E-state index in [0.717, 1.165) is 10.0 Å². The molecule has 0 spiro atoms. The van der Waals surface area contributed by atoms with E-state index in [4.69, 9.17) is 20.9 Å². The highest BCUT2D eigenvalue weighted by Gasteiger charge is 2.39. The third kappa shape index (κ3) is 2.27. The van der Waals surface area contributed by atoms with Gasteiger partial charge in [0.1, 0.15) is 6.61 Å². The summed E-state index contributed by atoms with van der Waals surface area (Å²) < 4.78 is 12.6. The number of rotatable bonds is 1. The second kappa shape index (κ2) is 5.61. The minimum absolute atomic E-state index is 0.00518. The summed E-state index contributed by atoms with van der Waals surface area (Å²) in [7, 11) is 1.63. The zero-order valence-electron chi connectivity index (χ0n) is 12.6. The maximum absolute atomic E-state index is 12.5. The van der Waals surface area contributed by atoms with Gasteiger partial charge in [0.25, 0.3) is 0 Å². The van der Waals surface area contributed by atoms with E-state index in [-0.39, 0.29) is 19.0 Å². The number of ketones is 1. The number of hydrogen-bond acceptors (Lipinski definition) is 5. The number of anilines is 1. The molecule has 124 valence electrons. The molecule has 2 aliphatic heterocycles. The second-order valence-corrected chi connectivity index (χ2v) is 6.94. The van der Waals surface area contributed by atoms with Gasteiger partial charge in [-0.25, -0.2) is 4.79 Å². The number of halogens is 2. The number of nitrogens with one attached hydrogen (secondary N) is 1. The highest BCUT2D eigenvalue weighted by Crippen LogP contribution is 2.42. The summed E-state index contributed by atoms with van der Waals surface area (Å²) in [5, 5.41) is 3.61. The number of carbonyl (C=O) groups excluding carboxylic acids is 1. The van der Waals surface area contributed by atoms with Crippen molar-refractivity contribution >= 4 is 39.1 Å². The lowest BCUT2D eigenvalue weighted by atomic mass is 9.80. The molecule has 8 heteroatoms. The fourth-order valence-corrected chi connectivity index (χ4v) is 3.64. The molecule has 0 bridgehead atoms. The summed E-state index contributed by atoms with van der Waals surface area (Å²) in [6.07, 6.45) is 0. The van der Waals surface area contributed by atoms with Crippen molar-refractivity contribution in [3.05, 3.63) is 60.5 Å². The predicted octanol–water partition coefficient (Wildman–Crippen LogP) is 2.81. The van der Waals surface area contributed by atoms with Gasteiger partial charge in [0.05, 0.1) is 28.8 Å². The van der Waals surface area contributed by atoms with E-state index in [0.29, 0.717) is 27.7 Å².